The molecule has 4 aromatic rings. The van der Waals surface area contributed by atoms with Crippen molar-refractivity contribution in [3.63, 3.8) is 0 Å². The largest absolute Gasteiger partial charge is 0.497 e. The van der Waals surface area contributed by atoms with E-state index in [-0.39, 0.29) is 24.3 Å². The number of carboxylic acid groups (broad SMARTS) is 1. The number of esters is 1. The minimum absolute atomic E-state index is 0.0331. The van der Waals surface area contributed by atoms with E-state index in [1.54, 1.807) is 92.0 Å². The fraction of sp³-hybridized carbons (Fsp3) is 0.300. The molecule has 0 fully saturated rings. The molecule has 0 aliphatic heterocycles. The Hall–Kier alpha value is -5.64. The molecule has 0 saturated carbocycles. The SMILES string of the molecule is CCCCCCCOc1ccc(C(=O)Oc2ccc(CC(C(=O)O)N(C)C(=O)c3ccc(NC(=O)Cc4ccc(OC)cc4)cc3)cc2)cc1. The number of carboxylic acids is 1. The second kappa shape index (κ2) is 18.8. The van der Waals surface area contributed by atoms with Gasteiger partial charge in [-0.1, -0.05) is 56.9 Å². The highest BCUT2D eigenvalue weighted by atomic mass is 16.5. The van der Waals surface area contributed by atoms with Crippen LogP contribution in [0.5, 0.6) is 17.2 Å². The Morgan fingerprint density at radius 1 is 0.720 bits per heavy atom. The van der Waals surface area contributed by atoms with Crippen molar-refractivity contribution in [2.45, 2.75) is 57.9 Å². The van der Waals surface area contributed by atoms with Crippen LogP contribution in [0.15, 0.2) is 97.1 Å². The summed E-state index contributed by atoms with van der Waals surface area (Å²) in [4.78, 5) is 51.8. The summed E-state index contributed by atoms with van der Waals surface area (Å²) in [5.41, 5.74) is 2.62. The van der Waals surface area contributed by atoms with Crippen LogP contribution in [-0.4, -0.2) is 60.6 Å². The number of nitrogens with zero attached hydrogens (tertiary/aromatic N) is 1. The second-order valence-electron chi connectivity index (χ2n) is 11.9. The van der Waals surface area contributed by atoms with Crippen LogP contribution in [0.25, 0.3) is 0 Å². The van der Waals surface area contributed by atoms with Crippen molar-refractivity contribution in [1.82, 2.24) is 4.90 Å². The van der Waals surface area contributed by atoms with Crippen molar-refractivity contribution >= 4 is 29.4 Å². The van der Waals surface area contributed by atoms with Crippen molar-refractivity contribution in [2.75, 3.05) is 26.1 Å². The van der Waals surface area contributed by atoms with Gasteiger partial charge < -0.3 is 29.5 Å². The molecular formula is C40H44N2O8. The predicted molar refractivity (Wildman–Crippen MR) is 191 cm³/mol. The van der Waals surface area contributed by atoms with Gasteiger partial charge in [-0.3, -0.25) is 9.59 Å². The summed E-state index contributed by atoms with van der Waals surface area (Å²) < 4.78 is 16.4. The molecule has 2 N–H and O–H groups in total. The van der Waals surface area contributed by atoms with Gasteiger partial charge in [-0.05, 0) is 90.3 Å². The lowest BCUT2D eigenvalue weighted by Gasteiger charge is -2.25. The van der Waals surface area contributed by atoms with E-state index in [0.29, 0.717) is 40.7 Å². The number of likely N-dealkylation sites (N-methyl/N-ethyl adjacent to an activating group) is 1. The van der Waals surface area contributed by atoms with E-state index in [9.17, 15) is 24.3 Å². The fourth-order valence-corrected chi connectivity index (χ4v) is 5.23. The van der Waals surface area contributed by atoms with E-state index in [1.807, 2.05) is 12.1 Å². The van der Waals surface area contributed by atoms with Gasteiger partial charge in [0.1, 0.15) is 23.3 Å². The number of amides is 2. The number of anilines is 1. The standard InChI is InChI=1S/C40H44N2O8/c1-4-5-6-7-8-25-49-34-23-15-31(16-24-34)40(47)50-35-21-11-28(12-22-35)26-36(39(45)46)42(2)38(44)30-13-17-32(18-14-30)41-37(43)27-29-9-19-33(48-3)20-10-29/h9-24,36H,4-8,25-27H2,1-3H3,(H,41,43)(H,45,46). The van der Waals surface area contributed by atoms with E-state index >= 15 is 0 Å². The smallest absolute Gasteiger partial charge is 0.343 e. The molecule has 0 spiro atoms. The molecule has 1 atom stereocenters. The molecule has 0 heterocycles. The van der Waals surface area contributed by atoms with E-state index in [2.05, 4.69) is 12.2 Å². The first-order valence-electron chi connectivity index (χ1n) is 16.7. The molecule has 0 bridgehead atoms. The number of unbranched alkanes of at least 4 members (excludes halogenated alkanes) is 4. The quantitative estimate of drug-likeness (QED) is 0.0640. The Bertz CT molecular complexity index is 1700. The van der Waals surface area contributed by atoms with Crippen molar-refractivity contribution < 1.29 is 38.5 Å². The fourth-order valence-electron chi connectivity index (χ4n) is 5.23. The highest BCUT2D eigenvalue weighted by molar-refractivity contribution is 5.98. The maximum atomic E-state index is 13.2. The average molecular weight is 681 g/mol. The van der Waals surface area contributed by atoms with Crippen LogP contribution in [0.4, 0.5) is 5.69 Å². The molecule has 10 heteroatoms. The molecule has 10 nitrogen and oxygen atoms in total. The maximum Gasteiger partial charge on any atom is 0.343 e. The molecule has 262 valence electrons. The van der Waals surface area contributed by atoms with Crippen molar-refractivity contribution in [1.29, 1.82) is 0 Å². The Kier molecular flexibility index (Phi) is 14.0. The molecule has 1 unspecified atom stereocenters. The topological polar surface area (TPSA) is 131 Å². The first-order chi connectivity index (χ1) is 24.2. The predicted octanol–water partition coefficient (Wildman–Crippen LogP) is 7.21. The minimum atomic E-state index is -1.16. The van der Waals surface area contributed by atoms with Crippen LogP contribution < -0.4 is 19.5 Å². The van der Waals surface area contributed by atoms with Crippen LogP contribution in [0.1, 0.15) is 70.9 Å². The Balaban J connectivity index is 1.27. The van der Waals surface area contributed by atoms with Gasteiger partial charge in [0.25, 0.3) is 5.91 Å². The van der Waals surface area contributed by atoms with Gasteiger partial charge in [0.2, 0.25) is 5.91 Å². The Morgan fingerprint density at radius 2 is 1.30 bits per heavy atom. The monoisotopic (exact) mass is 680 g/mol. The van der Waals surface area contributed by atoms with Gasteiger partial charge in [-0.2, -0.15) is 0 Å². The summed E-state index contributed by atoms with van der Waals surface area (Å²) in [7, 11) is 3.01. The van der Waals surface area contributed by atoms with Crippen molar-refractivity contribution in [2.24, 2.45) is 0 Å². The highest BCUT2D eigenvalue weighted by Crippen LogP contribution is 2.20. The van der Waals surface area contributed by atoms with Crippen LogP contribution in [0.3, 0.4) is 0 Å². The number of benzene rings is 4. The summed E-state index contributed by atoms with van der Waals surface area (Å²) in [5.74, 6) is -0.696. The van der Waals surface area contributed by atoms with Crippen LogP contribution >= 0.6 is 0 Å². The number of nitrogens with one attached hydrogen (secondary N) is 1. The lowest BCUT2D eigenvalue weighted by molar-refractivity contribution is -0.141. The third kappa shape index (κ3) is 11.2. The Labute approximate surface area is 293 Å². The normalized spacial score (nSPS) is 11.3. The maximum absolute atomic E-state index is 13.2. The zero-order valence-electron chi connectivity index (χ0n) is 28.7. The molecule has 50 heavy (non-hydrogen) atoms. The van der Waals surface area contributed by atoms with E-state index in [1.165, 1.54) is 31.2 Å². The van der Waals surface area contributed by atoms with Gasteiger partial charge in [0, 0.05) is 24.7 Å². The second-order valence-corrected chi connectivity index (χ2v) is 11.9. The molecule has 4 rings (SSSR count). The van der Waals surface area contributed by atoms with Crippen LogP contribution in [0.2, 0.25) is 0 Å². The molecular weight excluding hydrogens is 636 g/mol. The summed E-state index contributed by atoms with van der Waals surface area (Å²) in [5, 5.41) is 12.8. The number of carbonyl (C=O) groups is 4. The average Bonchev–Trinajstić information content (AvgIpc) is 3.13. The zero-order valence-corrected chi connectivity index (χ0v) is 28.7. The molecule has 0 saturated heterocycles. The molecule has 0 aliphatic carbocycles. The summed E-state index contributed by atoms with van der Waals surface area (Å²) in [6.45, 7) is 2.81. The first kappa shape index (κ1) is 37.2. The van der Waals surface area contributed by atoms with Crippen molar-refractivity contribution in [3.05, 3.63) is 119 Å². The van der Waals surface area contributed by atoms with E-state index in [0.717, 1.165) is 18.4 Å². The third-order valence-electron chi connectivity index (χ3n) is 8.18. The number of aliphatic carboxylic acids is 1. The summed E-state index contributed by atoms with van der Waals surface area (Å²) in [6, 6.07) is 25.6. The van der Waals surface area contributed by atoms with E-state index < -0.39 is 23.9 Å². The van der Waals surface area contributed by atoms with Gasteiger partial charge in [0.05, 0.1) is 25.7 Å². The van der Waals surface area contributed by atoms with Gasteiger partial charge >= 0.3 is 11.9 Å². The molecule has 4 aromatic carbocycles. The summed E-state index contributed by atoms with van der Waals surface area (Å²) in [6.07, 6.45) is 5.96. The molecule has 0 radical (unpaired) electrons. The van der Waals surface area contributed by atoms with Gasteiger partial charge in [-0.15, -0.1) is 0 Å². The number of ether oxygens (including phenoxy) is 3. The first-order valence-corrected chi connectivity index (χ1v) is 16.7. The highest BCUT2D eigenvalue weighted by Gasteiger charge is 2.28. The zero-order chi connectivity index (χ0) is 35.9. The summed E-state index contributed by atoms with van der Waals surface area (Å²) >= 11 is 0. The third-order valence-corrected chi connectivity index (χ3v) is 8.18. The number of rotatable bonds is 18. The number of carbonyl (C=O) groups excluding carboxylic acids is 3. The van der Waals surface area contributed by atoms with Crippen LogP contribution in [0, 0.1) is 0 Å². The minimum Gasteiger partial charge on any atom is -0.497 e. The van der Waals surface area contributed by atoms with Gasteiger partial charge in [0.15, 0.2) is 0 Å². The van der Waals surface area contributed by atoms with E-state index in [4.69, 9.17) is 14.2 Å². The number of hydrogen-bond acceptors (Lipinski definition) is 7. The number of hydrogen-bond donors (Lipinski definition) is 2. The lowest BCUT2D eigenvalue weighted by Crippen LogP contribution is -2.43. The Morgan fingerprint density at radius 3 is 1.92 bits per heavy atom. The van der Waals surface area contributed by atoms with Gasteiger partial charge in [-0.25, -0.2) is 9.59 Å². The molecule has 0 aromatic heterocycles. The number of methoxy groups -OCH3 is 1. The van der Waals surface area contributed by atoms with Crippen molar-refractivity contribution in [3.8, 4) is 17.2 Å². The lowest BCUT2D eigenvalue weighted by atomic mass is 10.0. The van der Waals surface area contributed by atoms with Crippen LogP contribution in [-0.2, 0) is 22.4 Å². The molecule has 0 aliphatic rings. The molecule has 2 amide bonds.